The number of nitro groups is 1. The van der Waals surface area contributed by atoms with Gasteiger partial charge in [-0.2, -0.15) is 0 Å². The molecule has 1 unspecified atom stereocenters. The SMILES string of the molecule is O=[N+]([O-])c1ccc(-c2ccc(CN3CCCCC3c3cccnc3)o2)cc1. The van der Waals surface area contributed by atoms with E-state index in [1.165, 1.54) is 30.5 Å². The molecule has 1 aromatic carbocycles. The molecule has 6 nitrogen and oxygen atoms in total. The van der Waals surface area contributed by atoms with Crippen LogP contribution in [0.3, 0.4) is 0 Å². The smallest absolute Gasteiger partial charge is 0.269 e. The molecule has 6 heteroatoms. The summed E-state index contributed by atoms with van der Waals surface area (Å²) in [5.41, 5.74) is 2.17. The molecule has 3 aromatic rings. The first-order valence-corrected chi connectivity index (χ1v) is 9.18. The first-order valence-electron chi connectivity index (χ1n) is 9.18. The molecular formula is C21H21N3O3. The van der Waals surface area contributed by atoms with Crippen molar-refractivity contribution < 1.29 is 9.34 Å². The number of furan rings is 1. The molecule has 27 heavy (non-hydrogen) atoms. The summed E-state index contributed by atoms with van der Waals surface area (Å²) in [6.45, 7) is 1.78. The minimum absolute atomic E-state index is 0.0816. The van der Waals surface area contributed by atoms with Crippen LogP contribution in [0.1, 0.15) is 36.6 Å². The largest absolute Gasteiger partial charge is 0.460 e. The van der Waals surface area contributed by atoms with Gasteiger partial charge in [-0.3, -0.25) is 20.0 Å². The molecule has 4 rings (SSSR count). The third-order valence-corrected chi connectivity index (χ3v) is 5.07. The van der Waals surface area contributed by atoms with Gasteiger partial charge in [0.05, 0.1) is 11.5 Å². The number of likely N-dealkylation sites (tertiary alicyclic amines) is 1. The van der Waals surface area contributed by atoms with Crippen molar-refractivity contribution in [1.82, 2.24) is 9.88 Å². The second kappa shape index (κ2) is 7.72. The van der Waals surface area contributed by atoms with E-state index in [1.54, 1.807) is 18.3 Å². The van der Waals surface area contributed by atoms with Gasteiger partial charge in [0.15, 0.2) is 0 Å². The van der Waals surface area contributed by atoms with Gasteiger partial charge in [0, 0.05) is 36.1 Å². The quantitative estimate of drug-likeness (QED) is 0.472. The Kier molecular flexibility index (Phi) is 4.98. The standard InChI is InChI=1S/C21H21N3O3/c25-24(26)18-8-6-16(7-9-18)21-11-10-19(27-21)15-23-13-2-1-5-20(23)17-4-3-12-22-14-17/h3-4,6-12,14,20H,1-2,5,13,15H2. The summed E-state index contributed by atoms with van der Waals surface area (Å²) in [6, 6.07) is 14.9. The van der Waals surface area contributed by atoms with E-state index < -0.39 is 4.92 Å². The van der Waals surface area contributed by atoms with Crippen molar-refractivity contribution in [2.75, 3.05) is 6.54 Å². The maximum atomic E-state index is 10.8. The van der Waals surface area contributed by atoms with Gasteiger partial charge in [0.1, 0.15) is 11.5 Å². The third kappa shape index (κ3) is 3.90. The number of non-ortho nitro benzene ring substituents is 1. The monoisotopic (exact) mass is 363 g/mol. The molecule has 0 spiro atoms. The summed E-state index contributed by atoms with van der Waals surface area (Å²) < 4.78 is 6.03. The first-order chi connectivity index (χ1) is 13.2. The van der Waals surface area contributed by atoms with Crippen LogP contribution >= 0.6 is 0 Å². The van der Waals surface area contributed by atoms with E-state index in [1.807, 2.05) is 24.4 Å². The number of nitro benzene ring substituents is 1. The van der Waals surface area contributed by atoms with Crippen LogP contribution in [0.15, 0.2) is 65.3 Å². The average molecular weight is 363 g/mol. The number of hydrogen-bond donors (Lipinski definition) is 0. The van der Waals surface area contributed by atoms with E-state index in [9.17, 15) is 10.1 Å². The lowest BCUT2D eigenvalue weighted by molar-refractivity contribution is -0.384. The van der Waals surface area contributed by atoms with Gasteiger partial charge in [0.25, 0.3) is 5.69 Å². The predicted molar refractivity (Wildman–Crippen MR) is 102 cm³/mol. The van der Waals surface area contributed by atoms with Gasteiger partial charge in [0.2, 0.25) is 0 Å². The predicted octanol–water partition coefficient (Wildman–Crippen LogP) is 4.98. The Morgan fingerprint density at radius 1 is 1.15 bits per heavy atom. The van der Waals surface area contributed by atoms with E-state index >= 15 is 0 Å². The Morgan fingerprint density at radius 3 is 2.74 bits per heavy atom. The van der Waals surface area contributed by atoms with Crippen molar-refractivity contribution in [3.05, 3.63) is 82.4 Å². The lowest BCUT2D eigenvalue weighted by atomic mass is 9.96. The summed E-state index contributed by atoms with van der Waals surface area (Å²) >= 11 is 0. The van der Waals surface area contributed by atoms with Crippen LogP contribution in [0.5, 0.6) is 0 Å². The fraction of sp³-hybridized carbons (Fsp3) is 0.286. The molecule has 3 heterocycles. The summed E-state index contributed by atoms with van der Waals surface area (Å²) in [5.74, 6) is 1.63. The minimum Gasteiger partial charge on any atom is -0.460 e. The van der Waals surface area contributed by atoms with Gasteiger partial charge >= 0.3 is 0 Å². The van der Waals surface area contributed by atoms with Crippen LogP contribution in [0.25, 0.3) is 11.3 Å². The van der Waals surface area contributed by atoms with Crippen molar-refractivity contribution in [2.45, 2.75) is 31.8 Å². The van der Waals surface area contributed by atoms with Gasteiger partial charge in [-0.15, -0.1) is 0 Å². The molecule has 0 radical (unpaired) electrons. The third-order valence-electron chi connectivity index (χ3n) is 5.07. The van der Waals surface area contributed by atoms with E-state index in [4.69, 9.17) is 4.42 Å². The lowest BCUT2D eigenvalue weighted by Gasteiger charge is -2.35. The lowest BCUT2D eigenvalue weighted by Crippen LogP contribution is -2.32. The topological polar surface area (TPSA) is 72.4 Å². The van der Waals surface area contributed by atoms with Crippen molar-refractivity contribution in [3.63, 3.8) is 0 Å². The van der Waals surface area contributed by atoms with Crippen LogP contribution in [0.4, 0.5) is 5.69 Å². The normalized spacial score (nSPS) is 17.7. The molecule has 2 aromatic heterocycles. The number of pyridine rings is 1. The van der Waals surface area contributed by atoms with Crippen molar-refractivity contribution in [2.24, 2.45) is 0 Å². The number of aromatic nitrogens is 1. The number of rotatable bonds is 5. The maximum absolute atomic E-state index is 10.8. The fourth-order valence-corrected chi connectivity index (χ4v) is 3.70. The molecule has 0 amide bonds. The Bertz CT molecular complexity index is 906. The van der Waals surface area contributed by atoms with Crippen molar-refractivity contribution in [3.8, 4) is 11.3 Å². The Hall–Kier alpha value is -2.99. The average Bonchev–Trinajstić information content (AvgIpc) is 3.18. The molecule has 1 saturated heterocycles. The fourth-order valence-electron chi connectivity index (χ4n) is 3.70. The van der Waals surface area contributed by atoms with Gasteiger partial charge in [-0.05, 0) is 55.3 Å². The van der Waals surface area contributed by atoms with E-state index in [0.717, 1.165) is 36.6 Å². The zero-order valence-electron chi connectivity index (χ0n) is 15.0. The molecule has 1 atom stereocenters. The maximum Gasteiger partial charge on any atom is 0.269 e. The second-order valence-electron chi connectivity index (χ2n) is 6.84. The second-order valence-corrected chi connectivity index (χ2v) is 6.84. The number of nitrogens with zero attached hydrogens (tertiary/aromatic N) is 3. The van der Waals surface area contributed by atoms with Gasteiger partial charge < -0.3 is 4.42 Å². The highest BCUT2D eigenvalue weighted by Gasteiger charge is 2.25. The molecule has 1 aliphatic heterocycles. The Morgan fingerprint density at radius 2 is 2.00 bits per heavy atom. The highest BCUT2D eigenvalue weighted by atomic mass is 16.6. The van der Waals surface area contributed by atoms with Crippen molar-refractivity contribution >= 4 is 5.69 Å². The molecular weight excluding hydrogens is 342 g/mol. The van der Waals surface area contributed by atoms with E-state index in [0.29, 0.717) is 6.04 Å². The minimum atomic E-state index is -0.397. The van der Waals surface area contributed by atoms with Crippen molar-refractivity contribution in [1.29, 1.82) is 0 Å². The van der Waals surface area contributed by atoms with Gasteiger partial charge in [-0.1, -0.05) is 12.5 Å². The summed E-state index contributed by atoms with van der Waals surface area (Å²) in [5, 5.41) is 10.8. The van der Waals surface area contributed by atoms with E-state index in [2.05, 4.69) is 16.0 Å². The molecule has 0 saturated carbocycles. The van der Waals surface area contributed by atoms with Crippen LogP contribution in [-0.2, 0) is 6.54 Å². The zero-order chi connectivity index (χ0) is 18.6. The number of piperidine rings is 1. The summed E-state index contributed by atoms with van der Waals surface area (Å²) in [4.78, 5) is 17.1. The molecule has 138 valence electrons. The van der Waals surface area contributed by atoms with Crippen LogP contribution in [0, 0.1) is 10.1 Å². The molecule has 0 aliphatic carbocycles. The zero-order valence-corrected chi connectivity index (χ0v) is 15.0. The molecule has 0 bridgehead atoms. The van der Waals surface area contributed by atoms with Crippen LogP contribution < -0.4 is 0 Å². The van der Waals surface area contributed by atoms with Crippen LogP contribution in [-0.4, -0.2) is 21.4 Å². The Labute approximate surface area is 157 Å². The van der Waals surface area contributed by atoms with Gasteiger partial charge in [-0.25, -0.2) is 0 Å². The molecule has 1 fully saturated rings. The number of hydrogen-bond acceptors (Lipinski definition) is 5. The summed E-state index contributed by atoms with van der Waals surface area (Å²) in [7, 11) is 0. The molecule has 1 aliphatic rings. The Balaban J connectivity index is 1.50. The molecule has 0 N–H and O–H groups in total. The number of benzene rings is 1. The first kappa shape index (κ1) is 17.4. The van der Waals surface area contributed by atoms with E-state index in [-0.39, 0.29) is 5.69 Å². The highest BCUT2D eigenvalue weighted by molar-refractivity contribution is 5.59. The van der Waals surface area contributed by atoms with Crippen LogP contribution in [0.2, 0.25) is 0 Å². The summed E-state index contributed by atoms with van der Waals surface area (Å²) in [6.07, 6.45) is 7.30. The highest BCUT2D eigenvalue weighted by Crippen LogP contribution is 2.33.